The van der Waals surface area contributed by atoms with Crippen molar-refractivity contribution in [2.45, 2.75) is 6.04 Å². The Labute approximate surface area is 34.6 Å². The van der Waals surface area contributed by atoms with E-state index in [2.05, 4.69) is 12.2 Å². The number of thiocarbonyl (C=S) groups is 1. The molecule has 0 aliphatic carbocycles. The van der Waals surface area contributed by atoms with Crippen molar-refractivity contribution in [2.75, 3.05) is 0 Å². The molecule has 0 aliphatic rings. The average Bonchev–Trinajstić information content (AvgIpc) is 1.37. The molecule has 0 saturated carbocycles. The first kappa shape index (κ1) is 4.31. The van der Waals surface area contributed by atoms with E-state index in [9.17, 15) is 0 Å². The fourth-order valence-corrected chi connectivity index (χ4v) is 0. The Balaban J connectivity index is 2.30. The molecule has 0 fully saturated rings. The largest absolute Gasteiger partial charge is 0.0938 e. The van der Waals surface area contributed by atoms with E-state index in [1.807, 2.05) is 0 Å². The van der Waals surface area contributed by atoms with Gasteiger partial charge in [-0.05, 0) is 11.4 Å². The Morgan fingerprint density at radius 1 is 2.00 bits per heavy atom. The molecule has 0 nitrogen and oxygen atoms in total. The Kier molecular flexibility index (Phi) is 3.56. The maximum Gasteiger partial charge on any atom is 0.00863 e. The molecular formula is C2H6SSi. The van der Waals surface area contributed by atoms with Crippen LogP contribution in [0.25, 0.3) is 0 Å². The summed E-state index contributed by atoms with van der Waals surface area (Å²) in [5.74, 6) is 0. The molecule has 0 aromatic carbocycles. The summed E-state index contributed by atoms with van der Waals surface area (Å²) in [5.41, 5.74) is 0. The summed E-state index contributed by atoms with van der Waals surface area (Å²) >= 11 is 4.46. The molecule has 0 aromatic heterocycles. The summed E-state index contributed by atoms with van der Waals surface area (Å²) in [6.45, 7) is 0. The van der Waals surface area contributed by atoms with Gasteiger partial charge < -0.3 is 0 Å². The zero-order chi connectivity index (χ0) is 3.41. The van der Waals surface area contributed by atoms with Crippen molar-refractivity contribution in [3.05, 3.63) is 0 Å². The third kappa shape index (κ3) is 2.31. The highest BCUT2D eigenvalue weighted by Crippen LogP contribution is 1.54. The van der Waals surface area contributed by atoms with Crippen LogP contribution in [0.1, 0.15) is 0 Å². The summed E-state index contributed by atoms with van der Waals surface area (Å²) in [6, 6.07) is 1.15. The molecule has 0 amide bonds. The Morgan fingerprint density at radius 2 is 2.25 bits per heavy atom. The number of hydrogen-bond acceptors (Lipinski definition) is 1. The molecular weight excluding hydrogens is 84.2 g/mol. The van der Waals surface area contributed by atoms with E-state index in [1.54, 1.807) is 5.37 Å². The third-order valence-corrected chi connectivity index (χ3v) is 1.50. The van der Waals surface area contributed by atoms with Gasteiger partial charge in [0.1, 0.15) is 0 Å². The van der Waals surface area contributed by atoms with E-state index in [0.717, 1.165) is 6.04 Å². The monoisotopic (exact) mass is 90.0 g/mol. The fraction of sp³-hybridized carbons (Fsp3) is 0.500. The molecule has 0 saturated heterocycles. The van der Waals surface area contributed by atoms with Crippen molar-refractivity contribution >= 4 is 27.8 Å². The summed E-state index contributed by atoms with van der Waals surface area (Å²) in [6.07, 6.45) is 0. The highest BCUT2D eigenvalue weighted by Gasteiger charge is 1.48. The predicted octanol–water partition coefficient (Wildman–Crippen LogP) is -0.230. The van der Waals surface area contributed by atoms with Crippen LogP contribution in [0.5, 0.6) is 0 Å². The van der Waals surface area contributed by atoms with Crippen LogP contribution in [0.15, 0.2) is 0 Å². The lowest BCUT2D eigenvalue weighted by atomic mass is 11.0. The zero-order valence-electron chi connectivity index (χ0n) is 2.69. The third-order valence-electron chi connectivity index (χ3n) is 0.167. The second kappa shape index (κ2) is 3.31. The summed E-state index contributed by atoms with van der Waals surface area (Å²) in [7, 11) is 1.23. The molecule has 0 N–H and O–H groups in total. The van der Waals surface area contributed by atoms with Gasteiger partial charge in [0, 0.05) is 10.2 Å². The average molecular weight is 90.2 g/mol. The molecule has 2 heteroatoms. The van der Waals surface area contributed by atoms with E-state index >= 15 is 0 Å². The normalized spacial score (nSPS) is 7.00. The van der Waals surface area contributed by atoms with E-state index in [0.29, 0.717) is 0 Å². The van der Waals surface area contributed by atoms with Crippen LogP contribution in [0.3, 0.4) is 0 Å². The molecule has 0 unspecified atom stereocenters. The minimum Gasteiger partial charge on any atom is -0.0938 e. The lowest BCUT2D eigenvalue weighted by Gasteiger charge is -1.54. The first-order chi connectivity index (χ1) is 1.91. The van der Waals surface area contributed by atoms with Gasteiger partial charge in [0.25, 0.3) is 0 Å². The van der Waals surface area contributed by atoms with Crippen LogP contribution in [-0.4, -0.2) is 15.6 Å². The van der Waals surface area contributed by atoms with Gasteiger partial charge in [0.05, 0.1) is 0 Å². The van der Waals surface area contributed by atoms with Gasteiger partial charge in [0.2, 0.25) is 0 Å². The van der Waals surface area contributed by atoms with Crippen LogP contribution in [-0.2, 0) is 0 Å². The first-order valence-corrected chi connectivity index (χ1v) is 3.24. The standard InChI is InChI=1S/C2H6SSi/c3-1-2-4/h1H,2H2,4H3. The molecule has 0 aliphatic heterocycles. The van der Waals surface area contributed by atoms with Crippen LogP contribution in [0, 0.1) is 0 Å². The minimum atomic E-state index is 1.15. The molecule has 0 bridgehead atoms. The zero-order valence-corrected chi connectivity index (χ0v) is 5.51. The van der Waals surface area contributed by atoms with E-state index in [-0.39, 0.29) is 0 Å². The maximum absolute atomic E-state index is 4.46. The fourth-order valence-electron chi connectivity index (χ4n) is 0. The van der Waals surface area contributed by atoms with E-state index in [1.165, 1.54) is 10.2 Å². The van der Waals surface area contributed by atoms with Gasteiger partial charge >= 0.3 is 0 Å². The summed E-state index contributed by atoms with van der Waals surface area (Å²) < 4.78 is 0. The summed E-state index contributed by atoms with van der Waals surface area (Å²) in [4.78, 5) is 0. The quantitative estimate of drug-likeness (QED) is 0.316. The smallest absolute Gasteiger partial charge is 0.00863 e. The predicted molar refractivity (Wildman–Crippen MR) is 28.4 cm³/mol. The molecule has 24 valence electrons. The van der Waals surface area contributed by atoms with Crippen molar-refractivity contribution in [3.8, 4) is 0 Å². The highest BCUT2D eigenvalue weighted by molar-refractivity contribution is 7.79. The molecule has 0 atom stereocenters. The molecule has 0 radical (unpaired) electrons. The van der Waals surface area contributed by atoms with Crippen LogP contribution >= 0.6 is 12.2 Å². The lowest BCUT2D eigenvalue weighted by Crippen LogP contribution is -1.57. The second-order valence-electron chi connectivity index (χ2n) is 0.575. The van der Waals surface area contributed by atoms with Crippen LogP contribution in [0.2, 0.25) is 6.04 Å². The van der Waals surface area contributed by atoms with Crippen molar-refractivity contribution in [1.29, 1.82) is 0 Å². The van der Waals surface area contributed by atoms with Crippen LogP contribution < -0.4 is 0 Å². The van der Waals surface area contributed by atoms with E-state index < -0.39 is 0 Å². The minimum absolute atomic E-state index is 1.15. The molecule has 0 rings (SSSR count). The van der Waals surface area contributed by atoms with Crippen molar-refractivity contribution < 1.29 is 0 Å². The van der Waals surface area contributed by atoms with Gasteiger partial charge in [-0.1, -0.05) is 12.2 Å². The SMILES string of the molecule is [SiH3]CC=S. The Bertz CT molecular complexity index is 20.0. The van der Waals surface area contributed by atoms with Crippen molar-refractivity contribution in [1.82, 2.24) is 0 Å². The van der Waals surface area contributed by atoms with Gasteiger partial charge in [0.15, 0.2) is 0 Å². The second-order valence-corrected chi connectivity index (χ2v) is 1.72. The lowest BCUT2D eigenvalue weighted by molar-refractivity contribution is 2.07. The van der Waals surface area contributed by atoms with Gasteiger partial charge in [-0.25, -0.2) is 0 Å². The number of hydrogen-bond donors (Lipinski definition) is 0. The van der Waals surface area contributed by atoms with Gasteiger partial charge in [-0.3, -0.25) is 0 Å². The Morgan fingerprint density at radius 3 is 2.25 bits per heavy atom. The van der Waals surface area contributed by atoms with Crippen molar-refractivity contribution in [3.63, 3.8) is 0 Å². The topological polar surface area (TPSA) is 0 Å². The first-order valence-electron chi connectivity index (χ1n) is 1.35. The van der Waals surface area contributed by atoms with Gasteiger partial charge in [-0.15, -0.1) is 0 Å². The maximum atomic E-state index is 4.46. The molecule has 0 aromatic rings. The van der Waals surface area contributed by atoms with Crippen molar-refractivity contribution in [2.24, 2.45) is 0 Å². The Hall–Kier alpha value is 0.307. The molecule has 0 spiro atoms. The van der Waals surface area contributed by atoms with Crippen LogP contribution in [0.4, 0.5) is 0 Å². The summed E-state index contributed by atoms with van der Waals surface area (Å²) in [5, 5.41) is 1.77. The molecule has 0 heterocycles. The van der Waals surface area contributed by atoms with E-state index in [4.69, 9.17) is 0 Å². The van der Waals surface area contributed by atoms with Gasteiger partial charge in [-0.2, -0.15) is 0 Å². The highest BCUT2D eigenvalue weighted by atomic mass is 32.1. The number of rotatable bonds is 1. The molecule has 4 heavy (non-hydrogen) atoms.